The van der Waals surface area contributed by atoms with E-state index in [1.165, 1.54) is 74.6 Å². The van der Waals surface area contributed by atoms with Gasteiger partial charge in [-0.3, -0.25) is 35.0 Å². The highest BCUT2D eigenvalue weighted by Crippen LogP contribution is 2.70. The third-order valence-corrected chi connectivity index (χ3v) is 14.7. The first-order valence-corrected chi connectivity index (χ1v) is 18.4. The van der Waals surface area contributed by atoms with Gasteiger partial charge in [0.25, 0.3) is 11.8 Å². The molecule has 1 aliphatic heterocycles. The number of nitrogens with zero attached hydrogens (tertiary/aromatic N) is 2. The second-order valence-electron chi connectivity index (χ2n) is 10.5. The highest BCUT2D eigenvalue weighted by Gasteiger charge is 2.52. The number of aromatic nitrogens is 1. The second-order valence-corrected chi connectivity index (χ2v) is 17.1. The number of amides is 4. The maximum atomic E-state index is 13.4. The van der Waals surface area contributed by atoms with Gasteiger partial charge in [0, 0.05) is 28.5 Å². The number of halogens is 4. The number of ether oxygens (including phenoxy) is 1. The Hall–Kier alpha value is -5.43. The van der Waals surface area contributed by atoms with Crippen LogP contribution in [0.15, 0.2) is 112 Å². The van der Waals surface area contributed by atoms with Crippen LogP contribution in [0.1, 0.15) is 29.9 Å². The average Bonchev–Trinajstić information content (AvgIpc) is 3.35. The summed E-state index contributed by atoms with van der Waals surface area (Å²) in [4.78, 5) is 46.7. The Morgan fingerprint density at radius 3 is 2.12 bits per heavy atom. The number of allylic oxidation sites excluding steroid dienone is 1. The van der Waals surface area contributed by atoms with E-state index < -0.39 is 52.8 Å². The molecule has 13 nitrogen and oxygen atoms in total. The van der Waals surface area contributed by atoms with Crippen molar-refractivity contribution in [3.63, 3.8) is 0 Å². The Morgan fingerprint density at radius 1 is 0.843 bits per heavy atom. The summed E-state index contributed by atoms with van der Waals surface area (Å²) in [6.45, 7) is 2.82. The van der Waals surface area contributed by atoms with E-state index in [2.05, 4.69) is 31.5 Å². The van der Waals surface area contributed by atoms with Crippen molar-refractivity contribution in [2.24, 2.45) is 4.99 Å². The molecule has 0 spiro atoms. The Balaban J connectivity index is 1.21. The van der Waals surface area contributed by atoms with E-state index in [1.54, 1.807) is 18.2 Å². The van der Waals surface area contributed by atoms with Crippen LogP contribution in [-0.2, 0) is 20.1 Å². The molecule has 0 fully saturated rings. The molecule has 0 saturated carbocycles. The van der Waals surface area contributed by atoms with Crippen LogP contribution in [0.2, 0.25) is 5.02 Å². The lowest BCUT2D eigenvalue weighted by Gasteiger charge is -2.34. The van der Waals surface area contributed by atoms with Crippen LogP contribution < -0.4 is 26.2 Å². The van der Waals surface area contributed by atoms with Crippen molar-refractivity contribution >= 4 is 64.1 Å². The molecule has 266 valence electrons. The fourth-order valence-electron chi connectivity index (χ4n) is 4.97. The monoisotopic (exact) mass is 762 g/mol. The first-order chi connectivity index (χ1) is 24.0. The van der Waals surface area contributed by atoms with Crippen LogP contribution in [0.3, 0.4) is 0 Å². The summed E-state index contributed by atoms with van der Waals surface area (Å²) in [7, 11) is -8.44. The molecule has 19 heteroatoms. The summed E-state index contributed by atoms with van der Waals surface area (Å²) >= 11 is 5.61. The zero-order valence-electron chi connectivity index (χ0n) is 26.3. The zero-order valence-corrected chi connectivity index (χ0v) is 28.7. The maximum Gasteiger partial charge on any atom is 0.417 e. The zero-order chi connectivity index (χ0) is 37.1. The van der Waals surface area contributed by atoms with Crippen LogP contribution in [0.4, 0.5) is 29.3 Å². The van der Waals surface area contributed by atoms with Crippen molar-refractivity contribution in [3.8, 4) is 11.5 Å². The van der Waals surface area contributed by atoms with Gasteiger partial charge in [-0.15, -0.1) is 0 Å². The summed E-state index contributed by atoms with van der Waals surface area (Å²) in [5.41, 5.74) is 3.27. The number of carbonyl (C=O) groups excluding carboxylic acids is 3. The molecule has 5 rings (SSSR count). The number of carbonyl (C=O) groups is 3. The van der Waals surface area contributed by atoms with Crippen molar-refractivity contribution < 1.29 is 45.3 Å². The average molecular weight is 763 g/mol. The molecule has 51 heavy (non-hydrogen) atoms. The van der Waals surface area contributed by atoms with Gasteiger partial charge in [0.1, 0.15) is 22.1 Å². The number of hydrogen-bond acceptors (Lipinski definition) is 8. The molecular formula is C32H26ClF3N6O7S2. The molecule has 0 saturated heterocycles. The Morgan fingerprint density at radius 2 is 1.47 bits per heavy atom. The quantitative estimate of drug-likeness (QED) is 0.0703. The summed E-state index contributed by atoms with van der Waals surface area (Å²) in [6, 6.07) is 18.4. The first-order valence-electron chi connectivity index (χ1n) is 14.4. The van der Waals surface area contributed by atoms with Crippen LogP contribution in [0, 0.1) is 0 Å². The van der Waals surface area contributed by atoms with Crippen molar-refractivity contribution in [1.82, 2.24) is 15.8 Å². The topological polar surface area (TPSA) is 188 Å². The minimum Gasteiger partial charge on any atom is -0.457 e. The lowest BCUT2D eigenvalue weighted by Crippen LogP contribution is -2.43. The molecule has 0 bridgehead atoms. The molecule has 4 aromatic rings. The number of aliphatic imine (C=N–C) groups is 1. The number of benzene rings is 3. The van der Waals surface area contributed by atoms with Crippen molar-refractivity contribution in [2.75, 3.05) is 10.6 Å². The molecule has 5 N–H and O–H groups in total. The van der Waals surface area contributed by atoms with Crippen LogP contribution >= 0.6 is 20.7 Å². The summed E-state index contributed by atoms with van der Waals surface area (Å²) in [5.74, 6) is -1.47. The van der Waals surface area contributed by atoms with Crippen molar-refractivity contribution in [3.05, 3.63) is 118 Å². The fourth-order valence-corrected chi connectivity index (χ4v) is 11.7. The Labute approximate surface area is 294 Å². The largest absolute Gasteiger partial charge is 0.457 e. The molecule has 4 amide bonds. The summed E-state index contributed by atoms with van der Waals surface area (Å²) in [5, 5.41) is 4.29. The van der Waals surface area contributed by atoms with Gasteiger partial charge in [-0.05, 0) is 83.6 Å². The van der Waals surface area contributed by atoms with E-state index in [0.29, 0.717) is 6.07 Å². The number of urea groups is 1. The van der Waals surface area contributed by atoms with Gasteiger partial charge in [-0.1, -0.05) is 29.8 Å². The van der Waals surface area contributed by atoms with Crippen LogP contribution in [-0.4, -0.2) is 40.8 Å². The summed E-state index contributed by atoms with van der Waals surface area (Å²) < 4.78 is 81.3. The molecule has 1 aliphatic rings. The summed E-state index contributed by atoms with van der Waals surface area (Å²) in [6.07, 6.45) is -3.44. The Kier molecular flexibility index (Phi) is 10.4. The number of anilines is 2. The predicted molar refractivity (Wildman–Crippen MR) is 185 cm³/mol. The van der Waals surface area contributed by atoms with Gasteiger partial charge < -0.3 is 15.4 Å². The number of alkyl halides is 3. The maximum absolute atomic E-state index is 13.4. The molecule has 1 unspecified atom stereocenters. The minimum atomic E-state index is -4.92. The van der Waals surface area contributed by atoms with Crippen molar-refractivity contribution in [2.45, 2.75) is 24.9 Å². The Bertz CT molecular complexity index is 2200. The normalized spacial score (nSPS) is 17.1. The molecule has 2 heterocycles. The molecule has 0 aliphatic carbocycles. The SMILES string of the molecule is CC1=NC(C)=C(C(=O)NNC(=O)c2cc(Oc3ccc(NC(=O)Nc4ccc(Cl)c(C(F)(F)F)c4)cc3)ccn2)S1(c1ccccc1)S(=O)(=O)O. The molecule has 1 atom stereocenters. The third kappa shape index (κ3) is 7.83. The van der Waals surface area contributed by atoms with Gasteiger partial charge in [-0.25, -0.2) is 4.79 Å². The number of hydrazine groups is 1. The lowest BCUT2D eigenvalue weighted by atomic mass is 10.2. The van der Waals surface area contributed by atoms with Gasteiger partial charge in [-0.2, -0.15) is 21.6 Å². The number of pyridine rings is 1. The van der Waals surface area contributed by atoms with Gasteiger partial charge >= 0.3 is 21.4 Å². The highest BCUT2D eigenvalue weighted by atomic mass is 35.5. The first kappa shape index (κ1) is 36.8. The molecular weight excluding hydrogens is 737 g/mol. The van der Waals surface area contributed by atoms with Crippen LogP contribution in [0.5, 0.6) is 11.5 Å². The smallest absolute Gasteiger partial charge is 0.417 e. The molecule has 1 aromatic heterocycles. The third-order valence-electron chi connectivity index (χ3n) is 7.09. The van der Waals surface area contributed by atoms with E-state index in [-0.39, 0.29) is 49.1 Å². The van der Waals surface area contributed by atoms with E-state index in [1.807, 2.05) is 0 Å². The van der Waals surface area contributed by atoms with Gasteiger partial charge in [0.2, 0.25) is 0 Å². The van der Waals surface area contributed by atoms with E-state index in [4.69, 9.17) is 16.3 Å². The fraction of sp³-hybridized carbons (Fsp3) is 0.0938. The second kappa shape index (κ2) is 14.4. The number of nitrogens with one attached hydrogen (secondary N) is 4. The number of hydrogen-bond donors (Lipinski definition) is 5. The predicted octanol–water partition coefficient (Wildman–Crippen LogP) is 7.28. The van der Waals surface area contributed by atoms with E-state index in [9.17, 15) is 40.5 Å². The van der Waals surface area contributed by atoms with Crippen molar-refractivity contribution in [1.29, 1.82) is 0 Å². The number of rotatable bonds is 8. The van der Waals surface area contributed by atoms with E-state index in [0.717, 1.165) is 6.07 Å². The highest BCUT2D eigenvalue weighted by molar-refractivity contribution is 8.96. The standard InChI is InChI=1S/C32H26ClF3N6O7S2/c1-18-28(50(19(2)38-18,51(46,47)48)24-6-4-3-5-7-24)30(44)42-41-29(43)27-17-23(14-15-37-27)49-22-11-8-20(9-12-22)39-31(45)40-21-10-13-26(33)25(16-21)32(34,35)36/h3-17H,1-2H3,(H,41,43)(H,42,44)(H2,39,40,45)(H,46,47,48). The minimum absolute atomic E-state index is 0.0182. The van der Waals surface area contributed by atoms with Gasteiger partial charge in [0.15, 0.2) is 0 Å². The lowest BCUT2D eigenvalue weighted by molar-refractivity contribution is -0.137. The van der Waals surface area contributed by atoms with Crippen LogP contribution in [0.25, 0.3) is 0 Å². The van der Waals surface area contributed by atoms with E-state index >= 15 is 0 Å². The van der Waals surface area contributed by atoms with Gasteiger partial charge in [0.05, 0.1) is 21.3 Å². The molecule has 3 aromatic carbocycles. The molecule has 0 radical (unpaired) electrons.